The number of likely N-dealkylation sites (N-methyl/N-ethyl adjacent to an activating group) is 1. The predicted octanol–water partition coefficient (Wildman–Crippen LogP) is 2.25. The first kappa shape index (κ1) is 17.9. The molecule has 2 N–H and O–H groups in total. The Morgan fingerprint density at radius 1 is 1.43 bits per heavy atom. The molecule has 0 saturated carbocycles. The molecule has 21 heavy (non-hydrogen) atoms. The molecule has 0 bridgehead atoms. The molecule has 0 saturated heterocycles. The van der Waals surface area contributed by atoms with Crippen molar-refractivity contribution in [3.63, 3.8) is 0 Å². The van der Waals surface area contributed by atoms with E-state index in [1.165, 1.54) is 18.4 Å². The number of esters is 1. The minimum absolute atomic E-state index is 0.324. The molecule has 0 spiro atoms. The van der Waals surface area contributed by atoms with E-state index < -0.39 is 0 Å². The highest BCUT2D eigenvalue weighted by Crippen LogP contribution is 2.33. The quantitative estimate of drug-likeness (QED) is 0.617. The summed E-state index contributed by atoms with van der Waals surface area (Å²) in [7, 11) is 5.40. The summed E-state index contributed by atoms with van der Waals surface area (Å²) in [6.07, 6.45) is 0.787. The molecule has 1 aromatic heterocycles. The van der Waals surface area contributed by atoms with Gasteiger partial charge in [0.05, 0.1) is 12.7 Å². The third-order valence-electron chi connectivity index (χ3n) is 3.02. The van der Waals surface area contributed by atoms with Crippen LogP contribution in [0.15, 0.2) is 0 Å². The Labute approximate surface area is 135 Å². The summed E-state index contributed by atoms with van der Waals surface area (Å²) in [5.74, 6) is -0.324. The molecule has 0 radical (unpaired) electrons. The SMILES string of the molecule is CCc1c(C)sc(NC(=S)NCCN(C)C)c1C(=O)OC. The van der Waals surface area contributed by atoms with Gasteiger partial charge < -0.3 is 20.3 Å². The number of nitrogens with zero attached hydrogens (tertiary/aromatic N) is 1. The number of hydrogen-bond acceptors (Lipinski definition) is 5. The first-order valence-electron chi connectivity index (χ1n) is 6.80. The van der Waals surface area contributed by atoms with Gasteiger partial charge in [-0.15, -0.1) is 11.3 Å². The van der Waals surface area contributed by atoms with Crippen LogP contribution in [-0.4, -0.2) is 50.3 Å². The molecule has 5 nitrogen and oxygen atoms in total. The van der Waals surface area contributed by atoms with E-state index in [0.717, 1.165) is 35.0 Å². The lowest BCUT2D eigenvalue weighted by Gasteiger charge is -2.13. The number of rotatable bonds is 6. The summed E-state index contributed by atoms with van der Waals surface area (Å²) in [4.78, 5) is 15.2. The van der Waals surface area contributed by atoms with Crippen molar-refractivity contribution in [2.75, 3.05) is 39.6 Å². The fourth-order valence-electron chi connectivity index (χ4n) is 1.95. The molecule has 0 amide bonds. The lowest BCUT2D eigenvalue weighted by molar-refractivity contribution is 0.0601. The Kier molecular flexibility index (Phi) is 7.07. The summed E-state index contributed by atoms with van der Waals surface area (Å²) >= 11 is 6.80. The van der Waals surface area contributed by atoms with E-state index in [2.05, 4.69) is 15.5 Å². The van der Waals surface area contributed by atoms with Crippen molar-refractivity contribution in [3.8, 4) is 0 Å². The van der Waals surface area contributed by atoms with Gasteiger partial charge in [-0.3, -0.25) is 0 Å². The van der Waals surface area contributed by atoms with Crippen LogP contribution in [0, 0.1) is 6.92 Å². The Morgan fingerprint density at radius 2 is 2.10 bits per heavy atom. The van der Waals surface area contributed by atoms with E-state index >= 15 is 0 Å². The second-order valence-electron chi connectivity index (χ2n) is 4.87. The minimum Gasteiger partial charge on any atom is -0.465 e. The van der Waals surface area contributed by atoms with Crippen LogP contribution >= 0.6 is 23.6 Å². The van der Waals surface area contributed by atoms with Gasteiger partial charge in [0.2, 0.25) is 0 Å². The fraction of sp³-hybridized carbons (Fsp3) is 0.571. The van der Waals surface area contributed by atoms with Gasteiger partial charge in [-0.25, -0.2) is 4.79 Å². The Balaban J connectivity index is 2.83. The van der Waals surface area contributed by atoms with Gasteiger partial charge in [0.25, 0.3) is 0 Å². The monoisotopic (exact) mass is 329 g/mol. The Hall–Kier alpha value is -1.18. The zero-order valence-corrected chi connectivity index (χ0v) is 14.8. The summed E-state index contributed by atoms with van der Waals surface area (Å²) in [5, 5.41) is 7.51. The topological polar surface area (TPSA) is 53.6 Å². The highest BCUT2D eigenvalue weighted by molar-refractivity contribution is 7.80. The molecule has 0 fully saturated rings. The predicted molar refractivity (Wildman–Crippen MR) is 92.6 cm³/mol. The highest BCUT2D eigenvalue weighted by Gasteiger charge is 2.22. The number of thiophene rings is 1. The number of anilines is 1. The molecule has 0 aromatic carbocycles. The van der Waals surface area contributed by atoms with E-state index in [1.54, 1.807) is 0 Å². The van der Waals surface area contributed by atoms with Gasteiger partial charge >= 0.3 is 5.97 Å². The molecule has 0 aliphatic heterocycles. The van der Waals surface area contributed by atoms with Crippen molar-refractivity contribution in [3.05, 3.63) is 16.0 Å². The third-order valence-corrected chi connectivity index (χ3v) is 4.33. The van der Waals surface area contributed by atoms with Gasteiger partial charge in [-0.1, -0.05) is 6.92 Å². The number of aryl methyl sites for hydroxylation is 1. The molecular formula is C14H23N3O2S2. The number of carbonyl (C=O) groups excluding carboxylic acids is 1. The van der Waals surface area contributed by atoms with Gasteiger partial charge in [0.1, 0.15) is 5.00 Å². The van der Waals surface area contributed by atoms with Crippen LogP contribution in [0.2, 0.25) is 0 Å². The minimum atomic E-state index is -0.324. The molecule has 0 atom stereocenters. The molecule has 0 unspecified atom stereocenters. The van der Waals surface area contributed by atoms with E-state index in [4.69, 9.17) is 17.0 Å². The summed E-state index contributed by atoms with van der Waals surface area (Å²) < 4.78 is 4.88. The molecular weight excluding hydrogens is 306 g/mol. The maximum absolute atomic E-state index is 12.0. The molecule has 0 aliphatic rings. The summed E-state index contributed by atoms with van der Waals surface area (Å²) in [6, 6.07) is 0. The molecule has 118 valence electrons. The molecule has 1 heterocycles. The smallest absolute Gasteiger partial charge is 0.341 e. The van der Waals surface area contributed by atoms with Gasteiger partial charge in [-0.2, -0.15) is 0 Å². The highest BCUT2D eigenvalue weighted by atomic mass is 32.1. The van der Waals surface area contributed by atoms with Crippen molar-refractivity contribution in [2.45, 2.75) is 20.3 Å². The summed E-state index contributed by atoms with van der Waals surface area (Å²) in [6.45, 7) is 5.66. The van der Waals surface area contributed by atoms with Crippen LogP contribution in [0.3, 0.4) is 0 Å². The third kappa shape index (κ3) is 4.94. The second kappa shape index (κ2) is 8.31. The maximum Gasteiger partial charge on any atom is 0.341 e. The van der Waals surface area contributed by atoms with E-state index in [9.17, 15) is 4.79 Å². The van der Waals surface area contributed by atoms with Crippen LogP contribution in [0.1, 0.15) is 27.7 Å². The van der Waals surface area contributed by atoms with Gasteiger partial charge in [0.15, 0.2) is 5.11 Å². The molecule has 0 aliphatic carbocycles. The second-order valence-corrected chi connectivity index (χ2v) is 6.50. The van der Waals surface area contributed by atoms with E-state index in [1.807, 2.05) is 27.9 Å². The number of carbonyl (C=O) groups is 1. The zero-order valence-electron chi connectivity index (χ0n) is 13.2. The van der Waals surface area contributed by atoms with Crippen LogP contribution in [-0.2, 0) is 11.2 Å². The largest absolute Gasteiger partial charge is 0.465 e. The summed E-state index contributed by atoms with van der Waals surface area (Å²) in [5.41, 5.74) is 1.62. The zero-order chi connectivity index (χ0) is 16.0. The Bertz CT molecular complexity index is 513. The number of hydrogen-bond donors (Lipinski definition) is 2. The van der Waals surface area contributed by atoms with Crippen molar-refractivity contribution < 1.29 is 9.53 Å². The average Bonchev–Trinajstić information content (AvgIpc) is 2.72. The first-order valence-corrected chi connectivity index (χ1v) is 8.03. The van der Waals surface area contributed by atoms with Gasteiger partial charge in [-0.05, 0) is 45.2 Å². The van der Waals surface area contributed by atoms with Crippen LogP contribution in [0.25, 0.3) is 0 Å². The first-order chi connectivity index (χ1) is 9.90. The van der Waals surface area contributed by atoms with Crippen molar-refractivity contribution in [2.24, 2.45) is 0 Å². The van der Waals surface area contributed by atoms with Gasteiger partial charge in [0, 0.05) is 18.0 Å². The normalized spacial score (nSPS) is 10.6. The lowest BCUT2D eigenvalue weighted by Crippen LogP contribution is -2.34. The Morgan fingerprint density at radius 3 is 2.62 bits per heavy atom. The van der Waals surface area contributed by atoms with Crippen molar-refractivity contribution in [1.29, 1.82) is 0 Å². The number of methoxy groups -OCH3 is 1. The number of nitrogens with one attached hydrogen (secondary N) is 2. The fourth-order valence-corrected chi connectivity index (χ4v) is 3.36. The average molecular weight is 329 g/mol. The lowest BCUT2D eigenvalue weighted by atomic mass is 10.1. The van der Waals surface area contributed by atoms with Crippen LogP contribution in [0.4, 0.5) is 5.00 Å². The standard InChI is InChI=1S/C14H23N3O2S2/c1-6-10-9(2)21-12(11(10)13(18)19-5)16-14(20)15-7-8-17(3)4/h6-8H2,1-5H3,(H2,15,16,20). The number of thiocarbonyl (C=S) groups is 1. The van der Waals surface area contributed by atoms with Crippen molar-refractivity contribution >= 4 is 39.6 Å². The molecule has 1 aromatic rings. The van der Waals surface area contributed by atoms with Crippen molar-refractivity contribution in [1.82, 2.24) is 10.2 Å². The maximum atomic E-state index is 12.0. The van der Waals surface area contributed by atoms with Crippen LogP contribution in [0.5, 0.6) is 0 Å². The van der Waals surface area contributed by atoms with Crippen LogP contribution < -0.4 is 10.6 Å². The molecule has 7 heteroatoms. The van der Waals surface area contributed by atoms with E-state index in [-0.39, 0.29) is 5.97 Å². The molecule has 1 rings (SSSR count). The number of ether oxygens (including phenoxy) is 1. The van der Waals surface area contributed by atoms with E-state index in [0.29, 0.717) is 10.7 Å².